The van der Waals surface area contributed by atoms with Crippen molar-refractivity contribution in [1.29, 1.82) is 0 Å². The minimum absolute atomic E-state index is 0.0302. The lowest BCUT2D eigenvalue weighted by molar-refractivity contribution is 0.0300. The highest BCUT2D eigenvalue weighted by Gasteiger charge is 2.25. The number of hydrogen-bond acceptors (Lipinski definition) is 4. The number of nitrogens with zero attached hydrogens (tertiary/aromatic N) is 1. The molecule has 4 nitrogen and oxygen atoms in total. The highest BCUT2D eigenvalue weighted by molar-refractivity contribution is 4.77. The Balaban J connectivity index is 4.11. The minimum Gasteiger partial charge on any atom is -0.396 e. The van der Waals surface area contributed by atoms with E-state index in [1.54, 1.807) is 0 Å². The van der Waals surface area contributed by atoms with E-state index in [0.717, 1.165) is 19.4 Å². The van der Waals surface area contributed by atoms with Crippen molar-refractivity contribution in [2.24, 2.45) is 5.41 Å². The Bertz CT molecular complexity index is 149. The average molecular weight is 219 g/mol. The molecule has 15 heavy (non-hydrogen) atoms. The van der Waals surface area contributed by atoms with Gasteiger partial charge in [0.15, 0.2) is 0 Å². The molecule has 0 aliphatic carbocycles. The predicted molar refractivity (Wildman–Crippen MR) is 60.7 cm³/mol. The lowest BCUT2D eigenvalue weighted by Crippen LogP contribution is -2.42. The van der Waals surface area contributed by atoms with Gasteiger partial charge in [-0.05, 0) is 13.0 Å². The Kier molecular flexibility index (Phi) is 7.96. The minimum atomic E-state index is -0.469. The highest BCUT2D eigenvalue weighted by Crippen LogP contribution is 2.16. The molecule has 0 saturated heterocycles. The van der Waals surface area contributed by atoms with Crippen LogP contribution in [0, 0.1) is 5.41 Å². The van der Waals surface area contributed by atoms with Gasteiger partial charge in [-0.25, -0.2) is 0 Å². The van der Waals surface area contributed by atoms with Crippen LogP contribution in [0.3, 0.4) is 0 Å². The monoisotopic (exact) mass is 219 g/mol. The molecule has 0 heterocycles. The van der Waals surface area contributed by atoms with Crippen molar-refractivity contribution in [1.82, 2.24) is 4.90 Å². The third-order valence-corrected chi connectivity index (χ3v) is 2.61. The summed E-state index contributed by atoms with van der Waals surface area (Å²) in [6.07, 6.45) is 2.18. The van der Waals surface area contributed by atoms with Gasteiger partial charge in [-0.15, -0.1) is 0 Å². The zero-order valence-electron chi connectivity index (χ0n) is 9.95. The second kappa shape index (κ2) is 8.05. The highest BCUT2D eigenvalue weighted by atomic mass is 16.3. The van der Waals surface area contributed by atoms with Gasteiger partial charge in [0, 0.05) is 18.5 Å². The molecule has 0 amide bonds. The molecule has 0 bridgehead atoms. The first-order valence-electron chi connectivity index (χ1n) is 5.67. The number of unbranched alkanes of at least 4 members (excludes halogenated alkanes) is 1. The van der Waals surface area contributed by atoms with Crippen LogP contribution in [-0.2, 0) is 0 Å². The molecule has 3 N–H and O–H groups in total. The molecule has 4 heteroatoms. The van der Waals surface area contributed by atoms with Crippen LogP contribution in [0.4, 0.5) is 0 Å². The summed E-state index contributed by atoms with van der Waals surface area (Å²) in [7, 11) is 0. The van der Waals surface area contributed by atoms with E-state index in [2.05, 4.69) is 11.8 Å². The van der Waals surface area contributed by atoms with Crippen LogP contribution in [0.5, 0.6) is 0 Å². The van der Waals surface area contributed by atoms with Gasteiger partial charge in [-0.1, -0.05) is 20.3 Å². The largest absolute Gasteiger partial charge is 0.396 e. The molecule has 0 rings (SSSR count). The van der Waals surface area contributed by atoms with Crippen LogP contribution < -0.4 is 0 Å². The van der Waals surface area contributed by atoms with Crippen molar-refractivity contribution in [2.75, 3.05) is 39.5 Å². The van der Waals surface area contributed by atoms with Gasteiger partial charge in [0.1, 0.15) is 0 Å². The van der Waals surface area contributed by atoms with E-state index >= 15 is 0 Å². The summed E-state index contributed by atoms with van der Waals surface area (Å²) in [5.74, 6) is 0. The van der Waals surface area contributed by atoms with Gasteiger partial charge in [0.2, 0.25) is 0 Å². The summed E-state index contributed by atoms with van der Waals surface area (Å²) in [6, 6.07) is 0. The van der Waals surface area contributed by atoms with Crippen molar-refractivity contribution >= 4 is 0 Å². The number of aliphatic hydroxyl groups excluding tert-OH is 3. The summed E-state index contributed by atoms with van der Waals surface area (Å²) < 4.78 is 0. The maximum atomic E-state index is 9.18. The molecule has 0 fully saturated rings. The number of aliphatic hydroxyl groups is 3. The van der Waals surface area contributed by atoms with Crippen LogP contribution in [0.15, 0.2) is 0 Å². The SMILES string of the molecule is CCCCN(CCO)CC(C)(CO)CO. The van der Waals surface area contributed by atoms with Crippen molar-refractivity contribution in [3.05, 3.63) is 0 Å². The zero-order valence-corrected chi connectivity index (χ0v) is 9.95. The molecular formula is C11H25NO3. The van der Waals surface area contributed by atoms with E-state index in [1.807, 2.05) is 6.92 Å². The summed E-state index contributed by atoms with van der Waals surface area (Å²) in [5.41, 5.74) is -0.469. The van der Waals surface area contributed by atoms with Gasteiger partial charge >= 0.3 is 0 Å². The van der Waals surface area contributed by atoms with Crippen LogP contribution in [-0.4, -0.2) is 59.7 Å². The number of hydrogen-bond donors (Lipinski definition) is 3. The van der Waals surface area contributed by atoms with Crippen molar-refractivity contribution in [3.8, 4) is 0 Å². The van der Waals surface area contributed by atoms with E-state index in [-0.39, 0.29) is 19.8 Å². The van der Waals surface area contributed by atoms with Crippen LogP contribution in [0.2, 0.25) is 0 Å². The fourth-order valence-electron chi connectivity index (χ4n) is 1.48. The maximum absolute atomic E-state index is 9.18. The lowest BCUT2D eigenvalue weighted by Gasteiger charge is -2.32. The quantitative estimate of drug-likeness (QED) is 0.513. The first-order valence-corrected chi connectivity index (χ1v) is 5.67. The summed E-state index contributed by atoms with van der Waals surface area (Å²) in [4.78, 5) is 2.09. The number of rotatable bonds is 9. The molecular weight excluding hydrogens is 194 g/mol. The maximum Gasteiger partial charge on any atom is 0.0558 e. The van der Waals surface area contributed by atoms with E-state index in [1.165, 1.54) is 0 Å². The third kappa shape index (κ3) is 6.10. The Labute approximate surface area is 92.5 Å². The molecule has 0 radical (unpaired) electrons. The van der Waals surface area contributed by atoms with Gasteiger partial charge in [-0.2, -0.15) is 0 Å². The van der Waals surface area contributed by atoms with E-state index in [0.29, 0.717) is 13.1 Å². The fourth-order valence-corrected chi connectivity index (χ4v) is 1.48. The molecule has 0 aromatic heterocycles. The van der Waals surface area contributed by atoms with Crippen molar-refractivity contribution < 1.29 is 15.3 Å². The van der Waals surface area contributed by atoms with E-state index in [4.69, 9.17) is 5.11 Å². The second-order valence-electron chi connectivity index (χ2n) is 4.48. The Morgan fingerprint density at radius 2 is 1.67 bits per heavy atom. The molecule has 0 unspecified atom stereocenters. The lowest BCUT2D eigenvalue weighted by atomic mass is 9.92. The molecule has 0 atom stereocenters. The van der Waals surface area contributed by atoms with Gasteiger partial charge in [0.05, 0.1) is 19.8 Å². The molecule has 0 spiro atoms. The third-order valence-electron chi connectivity index (χ3n) is 2.61. The molecule has 0 aromatic carbocycles. The van der Waals surface area contributed by atoms with Crippen molar-refractivity contribution in [2.45, 2.75) is 26.7 Å². The second-order valence-corrected chi connectivity index (χ2v) is 4.48. The van der Waals surface area contributed by atoms with E-state index in [9.17, 15) is 10.2 Å². The van der Waals surface area contributed by atoms with Crippen molar-refractivity contribution in [3.63, 3.8) is 0 Å². The Hall–Kier alpha value is -0.160. The molecule has 0 saturated carbocycles. The summed E-state index contributed by atoms with van der Waals surface area (Å²) in [6.45, 7) is 6.17. The van der Waals surface area contributed by atoms with E-state index < -0.39 is 5.41 Å². The van der Waals surface area contributed by atoms with Crippen LogP contribution in [0.1, 0.15) is 26.7 Å². The van der Waals surface area contributed by atoms with Crippen LogP contribution in [0.25, 0.3) is 0 Å². The molecule has 92 valence electrons. The Morgan fingerprint density at radius 1 is 1.07 bits per heavy atom. The first kappa shape index (κ1) is 14.8. The fraction of sp³-hybridized carbons (Fsp3) is 1.00. The van der Waals surface area contributed by atoms with Gasteiger partial charge in [-0.3, -0.25) is 0 Å². The van der Waals surface area contributed by atoms with Gasteiger partial charge < -0.3 is 20.2 Å². The topological polar surface area (TPSA) is 63.9 Å². The normalized spacial score (nSPS) is 12.4. The standard InChI is InChI=1S/C11H25NO3/c1-3-4-5-12(6-7-13)8-11(2,9-14)10-15/h13-15H,3-10H2,1-2H3. The zero-order chi connectivity index (χ0) is 11.7. The summed E-state index contributed by atoms with van der Waals surface area (Å²) >= 11 is 0. The predicted octanol–water partition coefficient (Wildman–Crippen LogP) is 0.0717. The van der Waals surface area contributed by atoms with Crippen LogP contribution >= 0.6 is 0 Å². The van der Waals surface area contributed by atoms with Gasteiger partial charge in [0.25, 0.3) is 0 Å². The molecule has 0 aliphatic rings. The molecule has 0 aromatic rings. The smallest absolute Gasteiger partial charge is 0.0558 e. The average Bonchev–Trinajstić information content (AvgIpc) is 2.26. The first-order chi connectivity index (χ1) is 7.11. The molecule has 0 aliphatic heterocycles. The summed E-state index contributed by atoms with van der Waals surface area (Å²) in [5, 5.41) is 27.3. The Morgan fingerprint density at radius 3 is 2.07 bits per heavy atom.